The van der Waals surface area contributed by atoms with Crippen molar-refractivity contribution >= 4 is 6.08 Å². The van der Waals surface area contributed by atoms with E-state index in [0.717, 1.165) is 6.42 Å². The summed E-state index contributed by atoms with van der Waals surface area (Å²) >= 11 is 0. The van der Waals surface area contributed by atoms with Crippen LogP contribution in [0.2, 0.25) is 0 Å². The standard InChI is InChI=1S/C17H20O/c1-2-3-9-17-14-16(12-13-18-17)11-10-15-7-5-4-6-8-15/h4-8,10-14,17H,2-3,9H2,1H3/b11-10+. The van der Waals surface area contributed by atoms with Gasteiger partial charge in [-0.15, -0.1) is 0 Å². The second-order valence-corrected chi connectivity index (χ2v) is 4.53. The molecular formula is C17H20O. The topological polar surface area (TPSA) is 9.23 Å². The molecule has 0 bridgehead atoms. The predicted octanol–water partition coefficient (Wildman–Crippen LogP) is 4.73. The molecule has 1 aliphatic rings. The van der Waals surface area contributed by atoms with Crippen LogP contribution in [0.25, 0.3) is 6.08 Å². The maximum atomic E-state index is 5.57. The summed E-state index contributed by atoms with van der Waals surface area (Å²) in [6.07, 6.45) is 14.1. The Labute approximate surface area is 109 Å². The van der Waals surface area contributed by atoms with Gasteiger partial charge in [-0.2, -0.15) is 0 Å². The van der Waals surface area contributed by atoms with Gasteiger partial charge in [0.1, 0.15) is 6.10 Å². The molecule has 1 nitrogen and oxygen atoms in total. The van der Waals surface area contributed by atoms with Crippen LogP contribution in [0, 0.1) is 0 Å². The van der Waals surface area contributed by atoms with Gasteiger partial charge in [-0.1, -0.05) is 55.8 Å². The van der Waals surface area contributed by atoms with Crippen molar-refractivity contribution in [2.24, 2.45) is 0 Å². The van der Waals surface area contributed by atoms with Crippen molar-refractivity contribution in [3.63, 3.8) is 0 Å². The molecule has 0 saturated carbocycles. The minimum absolute atomic E-state index is 0.241. The van der Waals surface area contributed by atoms with Crippen molar-refractivity contribution in [1.82, 2.24) is 0 Å². The molecule has 1 heteroatoms. The van der Waals surface area contributed by atoms with Crippen LogP contribution in [-0.4, -0.2) is 6.10 Å². The maximum Gasteiger partial charge on any atom is 0.117 e. The average Bonchev–Trinajstić information content (AvgIpc) is 2.44. The monoisotopic (exact) mass is 240 g/mol. The van der Waals surface area contributed by atoms with E-state index < -0.39 is 0 Å². The Balaban J connectivity index is 1.98. The lowest BCUT2D eigenvalue weighted by atomic mass is 10.1. The Morgan fingerprint density at radius 2 is 2.00 bits per heavy atom. The van der Waals surface area contributed by atoms with Gasteiger partial charge in [-0.05, 0) is 36.1 Å². The van der Waals surface area contributed by atoms with Crippen LogP contribution in [0.15, 0.2) is 60.4 Å². The van der Waals surface area contributed by atoms with E-state index in [2.05, 4.69) is 49.4 Å². The van der Waals surface area contributed by atoms with Gasteiger partial charge in [0.15, 0.2) is 0 Å². The number of unbranched alkanes of at least 4 members (excludes halogenated alkanes) is 1. The minimum Gasteiger partial charge on any atom is -0.494 e. The van der Waals surface area contributed by atoms with Gasteiger partial charge in [-0.3, -0.25) is 0 Å². The summed E-state index contributed by atoms with van der Waals surface area (Å²) in [6.45, 7) is 2.21. The number of allylic oxidation sites excluding steroid dienone is 3. The fourth-order valence-corrected chi connectivity index (χ4v) is 1.95. The Hall–Kier alpha value is -1.76. The zero-order valence-corrected chi connectivity index (χ0v) is 10.9. The highest BCUT2D eigenvalue weighted by Crippen LogP contribution is 2.17. The molecule has 0 N–H and O–H groups in total. The lowest BCUT2D eigenvalue weighted by molar-refractivity contribution is 0.170. The molecule has 1 unspecified atom stereocenters. The van der Waals surface area contributed by atoms with Crippen LogP contribution >= 0.6 is 0 Å². The summed E-state index contributed by atoms with van der Waals surface area (Å²) in [5, 5.41) is 0. The van der Waals surface area contributed by atoms with E-state index >= 15 is 0 Å². The molecule has 0 spiro atoms. The normalized spacial score (nSPS) is 18.7. The SMILES string of the molecule is CCCCC1C=C(/C=C/c2ccccc2)C=CO1. The number of hydrogen-bond acceptors (Lipinski definition) is 1. The molecule has 0 fully saturated rings. The summed E-state index contributed by atoms with van der Waals surface area (Å²) in [4.78, 5) is 0. The number of benzene rings is 1. The molecule has 0 radical (unpaired) electrons. The van der Waals surface area contributed by atoms with Crippen molar-refractivity contribution in [1.29, 1.82) is 0 Å². The second-order valence-electron chi connectivity index (χ2n) is 4.53. The molecule has 0 aromatic heterocycles. The average molecular weight is 240 g/mol. The maximum absolute atomic E-state index is 5.57. The lowest BCUT2D eigenvalue weighted by Gasteiger charge is -2.16. The molecule has 0 saturated heterocycles. The van der Waals surface area contributed by atoms with Crippen molar-refractivity contribution in [3.05, 3.63) is 66.0 Å². The van der Waals surface area contributed by atoms with E-state index in [9.17, 15) is 0 Å². The molecule has 1 atom stereocenters. The van der Waals surface area contributed by atoms with Crippen LogP contribution in [0.4, 0.5) is 0 Å². The number of hydrogen-bond donors (Lipinski definition) is 0. The first-order valence-electron chi connectivity index (χ1n) is 6.65. The van der Waals surface area contributed by atoms with Crippen LogP contribution in [0.1, 0.15) is 31.7 Å². The van der Waals surface area contributed by atoms with E-state index in [1.54, 1.807) is 0 Å². The molecule has 1 aromatic rings. The highest BCUT2D eigenvalue weighted by Gasteiger charge is 2.07. The summed E-state index contributed by atoms with van der Waals surface area (Å²) < 4.78 is 5.57. The Morgan fingerprint density at radius 1 is 1.17 bits per heavy atom. The van der Waals surface area contributed by atoms with Gasteiger partial charge in [-0.25, -0.2) is 0 Å². The van der Waals surface area contributed by atoms with Crippen molar-refractivity contribution in [3.8, 4) is 0 Å². The van der Waals surface area contributed by atoms with Gasteiger partial charge < -0.3 is 4.74 Å². The molecule has 1 aromatic carbocycles. The Kier molecular flexibility index (Phi) is 4.83. The van der Waals surface area contributed by atoms with E-state index in [1.807, 2.05) is 18.4 Å². The Bertz CT molecular complexity index is 440. The first-order valence-corrected chi connectivity index (χ1v) is 6.65. The molecule has 1 aliphatic heterocycles. The van der Waals surface area contributed by atoms with E-state index in [1.165, 1.54) is 24.0 Å². The molecule has 94 valence electrons. The van der Waals surface area contributed by atoms with E-state index in [-0.39, 0.29) is 6.10 Å². The van der Waals surface area contributed by atoms with Crippen molar-refractivity contribution < 1.29 is 4.74 Å². The van der Waals surface area contributed by atoms with Crippen LogP contribution in [0.3, 0.4) is 0 Å². The summed E-state index contributed by atoms with van der Waals surface area (Å²) in [5.41, 5.74) is 2.45. The largest absolute Gasteiger partial charge is 0.494 e. The highest BCUT2D eigenvalue weighted by atomic mass is 16.5. The highest BCUT2D eigenvalue weighted by molar-refractivity contribution is 5.54. The van der Waals surface area contributed by atoms with E-state index in [0.29, 0.717) is 0 Å². The van der Waals surface area contributed by atoms with E-state index in [4.69, 9.17) is 4.74 Å². The van der Waals surface area contributed by atoms with Crippen molar-refractivity contribution in [2.75, 3.05) is 0 Å². The fourth-order valence-electron chi connectivity index (χ4n) is 1.95. The molecule has 2 rings (SSSR count). The van der Waals surface area contributed by atoms with Gasteiger partial charge >= 0.3 is 0 Å². The van der Waals surface area contributed by atoms with Crippen LogP contribution < -0.4 is 0 Å². The molecule has 0 amide bonds. The third kappa shape index (κ3) is 3.92. The first kappa shape index (κ1) is 12.7. The first-order chi connectivity index (χ1) is 8.88. The fraction of sp³-hybridized carbons (Fsp3) is 0.294. The number of ether oxygens (including phenoxy) is 1. The lowest BCUT2D eigenvalue weighted by Crippen LogP contribution is -2.09. The van der Waals surface area contributed by atoms with Gasteiger partial charge in [0.25, 0.3) is 0 Å². The van der Waals surface area contributed by atoms with Crippen molar-refractivity contribution in [2.45, 2.75) is 32.3 Å². The number of rotatable bonds is 5. The summed E-state index contributed by atoms with van der Waals surface area (Å²) in [7, 11) is 0. The van der Waals surface area contributed by atoms with Gasteiger partial charge in [0, 0.05) is 0 Å². The molecule has 1 heterocycles. The van der Waals surface area contributed by atoms with Crippen LogP contribution in [0.5, 0.6) is 0 Å². The van der Waals surface area contributed by atoms with Gasteiger partial charge in [0.2, 0.25) is 0 Å². The predicted molar refractivity (Wildman–Crippen MR) is 77.1 cm³/mol. The second kappa shape index (κ2) is 6.85. The van der Waals surface area contributed by atoms with Gasteiger partial charge in [0.05, 0.1) is 6.26 Å². The summed E-state index contributed by atoms with van der Waals surface area (Å²) in [5.74, 6) is 0. The third-order valence-electron chi connectivity index (χ3n) is 3.00. The molecule has 18 heavy (non-hydrogen) atoms. The quantitative estimate of drug-likeness (QED) is 0.723. The third-order valence-corrected chi connectivity index (χ3v) is 3.00. The summed E-state index contributed by atoms with van der Waals surface area (Å²) in [6, 6.07) is 10.4. The smallest absolute Gasteiger partial charge is 0.117 e. The molecular weight excluding hydrogens is 220 g/mol. The Morgan fingerprint density at radius 3 is 2.78 bits per heavy atom. The van der Waals surface area contributed by atoms with Crippen LogP contribution in [-0.2, 0) is 4.74 Å². The zero-order valence-electron chi connectivity index (χ0n) is 10.9. The molecule has 0 aliphatic carbocycles. The minimum atomic E-state index is 0.241. The zero-order chi connectivity index (χ0) is 12.6.